The number of aromatic nitrogens is 1. The van der Waals surface area contributed by atoms with Gasteiger partial charge in [0.25, 0.3) is 0 Å². The number of hydrogen-bond donors (Lipinski definition) is 0. The van der Waals surface area contributed by atoms with Crippen LogP contribution in [0.25, 0.3) is 10.4 Å². The van der Waals surface area contributed by atoms with Crippen LogP contribution in [-0.4, -0.2) is 18.2 Å². The van der Waals surface area contributed by atoms with Crippen LogP contribution < -0.4 is 0 Å². The molecule has 29 heavy (non-hydrogen) atoms. The summed E-state index contributed by atoms with van der Waals surface area (Å²) in [6, 6.07) is 8.69. The van der Waals surface area contributed by atoms with Crippen molar-refractivity contribution < 1.29 is 9.47 Å². The number of thiophene rings is 1. The Balaban J connectivity index is 1.46. The molecule has 0 unspecified atom stereocenters. The second kappa shape index (κ2) is 12.5. The summed E-state index contributed by atoms with van der Waals surface area (Å²) in [6.45, 7) is 6.14. The monoisotopic (exact) mass is 415 g/mol. The second-order valence-corrected chi connectivity index (χ2v) is 9.38. The van der Waals surface area contributed by atoms with E-state index in [-0.39, 0.29) is 6.29 Å². The summed E-state index contributed by atoms with van der Waals surface area (Å²) in [4.78, 5) is 7.07. The lowest BCUT2D eigenvalue weighted by Crippen LogP contribution is -2.26. The highest BCUT2D eigenvalue weighted by Crippen LogP contribution is 2.35. The Bertz CT molecular complexity index is 689. The zero-order valence-electron chi connectivity index (χ0n) is 18.2. The van der Waals surface area contributed by atoms with Gasteiger partial charge in [-0.05, 0) is 37.5 Å². The first-order chi connectivity index (χ1) is 14.3. The molecule has 2 aromatic rings. The van der Waals surface area contributed by atoms with E-state index in [1.165, 1.54) is 73.9 Å². The van der Waals surface area contributed by atoms with Crippen molar-refractivity contribution in [3.8, 4) is 10.4 Å². The molecule has 1 aliphatic rings. The van der Waals surface area contributed by atoms with E-state index < -0.39 is 0 Å². The number of pyridine rings is 1. The lowest BCUT2D eigenvalue weighted by atomic mass is 10.0. The lowest BCUT2D eigenvalue weighted by molar-refractivity contribution is -0.204. The fourth-order valence-corrected chi connectivity index (χ4v) is 4.82. The van der Waals surface area contributed by atoms with Gasteiger partial charge >= 0.3 is 0 Å². The molecular weight excluding hydrogens is 378 g/mol. The van der Waals surface area contributed by atoms with E-state index >= 15 is 0 Å². The van der Waals surface area contributed by atoms with Crippen molar-refractivity contribution in [1.82, 2.24) is 4.98 Å². The molecule has 0 saturated carbocycles. The molecule has 0 N–H and O–H groups in total. The van der Waals surface area contributed by atoms with Crippen molar-refractivity contribution in [2.75, 3.05) is 13.2 Å². The minimum Gasteiger partial charge on any atom is -0.347 e. The average Bonchev–Trinajstić information content (AvgIpc) is 3.25. The zero-order chi connectivity index (χ0) is 20.3. The van der Waals surface area contributed by atoms with Crippen LogP contribution in [0.4, 0.5) is 0 Å². The maximum absolute atomic E-state index is 6.04. The Morgan fingerprint density at radius 3 is 2.34 bits per heavy atom. The first-order valence-corrected chi connectivity index (χ1v) is 12.4. The van der Waals surface area contributed by atoms with Gasteiger partial charge in [-0.15, -0.1) is 11.3 Å². The van der Waals surface area contributed by atoms with Gasteiger partial charge in [0.1, 0.15) is 0 Å². The van der Waals surface area contributed by atoms with Crippen molar-refractivity contribution in [3.05, 3.63) is 41.0 Å². The van der Waals surface area contributed by atoms with Crippen LogP contribution in [0.2, 0.25) is 0 Å². The number of ether oxygens (including phenoxy) is 2. The minimum absolute atomic E-state index is 0.202. The molecule has 3 rings (SSSR count). The Morgan fingerprint density at radius 2 is 1.66 bits per heavy atom. The van der Waals surface area contributed by atoms with Crippen LogP contribution in [0.1, 0.15) is 88.5 Å². The summed E-state index contributed by atoms with van der Waals surface area (Å²) in [7, 11) is 0. The molecule has 3 heterocycles. The van der Waals surface area contributed by atoms with Crippen molar-refractivity contribution in [2.24, 2.45) is 5.92 Å². The highest BCUT2D eigenvalue weighted by molar-refractivity contribution is 7.15. The molecule has 0 aromatic carbocycles. The summed E-state index contributed by atoms with van der Waals surface area (Å²) in [5.41, 5.74) is 2.38. The predicted molar refractivity (Wildman–Crippen MR) is 122 cm³/mol. The van der Waals surface area contributed by atoms with E-state index in [2.05, 4.69) is 43.1 Å². The molecule has 2 aromatic heterocycles. The molecule has 0 atom stereocenters. The molecule has 1 saturated heterocycles. The highest BCUT2D eigenvalue weighted by atomic mass is 32.1. The molecule has 1 aliphatic heterocycles. The quantitative estimate of drug-likeness (QED) is 0.335. The predicted octanol–water partition coefficient (Wildman–Crippen LogP) is 7.56. The summed E-state index contributed by atoms with van der Waals surface area (Å²) < 4.78 is 12.1. The Morgan fingerprint density at radius 1 is 0.897 bits per heavy atom. The number of nitrogens with zero attached hydrogens (tertiary/aromatic N) is 1. The SMILES string of the molecule is CCCCCCc1ccc(-c2ccc(C3OCC(CCCCCC)CO3)s2)cn1. The summed E-state index contributed by atoms with van der Waals surface area (Å²) >= 11 is 1.76. The molecule has 0 spiro atoms. The fourth-order valence-electron chi connectivity index (χ4n) is 3.82. The Kier molecular flexibility index (Phi) is 9.65. The normalized spacial score (nSPS) is 19.5. The molecular formula is C25H37NO2S. The van der Waals surface area contributed by atoms with Crippen molar-refractivity contribution in [3.63, 3.8) is 0 Å². The van der Waals surface area contributed by atoms with Gasteiger partial charge in [0.2, 0.25) is 0 Å². The molecule has 0 bridgehead atoms. The Hall–Kier alpha value is -1.23. The number of rotatable bonds is 12. The van der Waals surface area contributed by atoms with Crippen LogP contribution >= 0.6 is 11.3 Å². The Labute approximate surface area is 180 Å². The number of hydrogen-bond acceptors (Lipinski definition) is 4. The van der Waals surface area contributed by atoms with Gasteiger partial charge in [0.05, 0.1) is 18.1 Å². The third kappa shape index (κ3) is 7.20. The summed E-state index contributed by atoms with van der Waals surface area (Å²) in [5, 5.41) is 0. The summed E-state index contributed by atoms with van der Waals surface area (Å²) in [5.74, 6) is 0.552. The van der Waals surface area contributed by atoms with Crippen molar-refractivity contribution >= 4 is 11.3 Å². The largest absolute Gasteiger partial charge is 0.347 e. The highest BCUT2D eigenvalue weighted by Gasteiger charge is 2.24. The van der Waals surface area contributed by atoms with Gasteiger partial charge in [-0.25, -0.2) is 0 Å². The van der Waals surface area contributed by atoms with E-state index in [1.54, 1.807) is 11.3 Å². The molecule has 0 amide bonds. The van der Waals surface area contributed by atoms with E-state index in [0.29, 0.717) is 5.92 Å². The molecule has 0 aliphatic carbocycles. The van der Waals surface area contributed by atoms with Crippen LogP contribution in [0.15, 0.2) is 30.5 Å². The van der Waals surface area contributed by atoms with Gasteiger partial charge in [-0.3, -0.25) is 4.98 Å². The third-order valence-corrected chi connectivity index (χ3v) is 6.84. The molecule has 3 nitrogen and oxygen atoms in total. The third-order valence-electron chi connectivity index (χ3n) is 5.69. The van der Waals surface area contributed by atoms with Crippen LogP contribution in [0, 0.1) is 5.92 Å². The number of unbranched alkanes of at least 4 members (excludes halogenated alkanes) is 6. The fraction of sp³-hybridized carbons (Fsp3) is 0.640. The van der Waals surface area contributed by atoms with E-state index in [1.807, 2.05) is 6.20 Å². The maximum Gasteiger partial charge on any atom is 0.193 e. The van der Waals surface area contributed by atoms with E-state index in [0.717, 1.165) is 24.5 Å². The standard InChI is InChI=1S/C25H37NO2S/c1-3-5-7-9-11-20-18-27-25(28-19-20)24-16-15-23(29-24)21-13-14-22(26-17-21)12-10-8-6-4-2/h13-17,20,25H,3-12,18-19H2,1-2H3. The van der Waals surface area contributed by atoms with Crippen molar-refractivity contribution in [1.29, 1.82) is 0 Å². The second-order valence-electron chi connectivity index (χ2n) is 8.26. The molecule has 0 radical (unpaired) electrons. The van der Waals surface area contributed by atoms with Crippen LogP contribution in [0.5, 0.6) is 0 Å². The smallest absolute Gasteiger partial charge is 0.193 e. The van der Waals surface area contributed by atoms with Gasteiger partial charge in [-0.2, -0.15) is 0 Å². The first-order valence-electron chi connectivity index (χ1n) is 11.6. The molecule has 160 valence electrons. The van der Waals surface area contributed by atoms with E-state index in [9.17, 15) is 0 Å². The summed E-state index contributed by atoms with van der Waals surface area (Å²) in [6.07, 6.45) is 14.5. The zero-order valence-corrected chi connectivity index (χ0v) is 19.0. The van der Waals surface area contributed by atoms with Crippen LogP contribution in [0.3, 0.4) is 0 Å². The minimum atomic E-state index is -0.202. The maximum atomic E-state index is 6.04. The van der Waals surface area contributed by atoms with Crippen LogP contribution in [-0.2, 0) is 15.9 Å². The molecule has 4 heteroatoms. The first kappa shape index (κ1) is 22.5. The van der Waals surface area contributed by atoms with E-state index in [4.69, 9.17) is 9.47 Å². The van der Waals surface area contributed by atoms with Gasteiger partial charge in [0.15, 0.2) is 6.29 Å². The number of aryl methyl sites for hydroxylation is 1. The van der Waals surface area contributed by atoms with Gasteiger partial charge in [0, 0.05) is 28.2 Å². The molecule has 1 fully saturated rings. The van der Waals surface area contributed by atoms with Crippen molar-refractivity contribution in [2.45, 2.75) is 84.3 Å². The topological polar surface area (TPSA) is 31.4 Å². The lowest BCUT2D eigenvalue weighted by Gasteiger charge is -2.28. The van der Waals surface area contributed by atoms with Gasteiger partial charge < -0.3 is 9.47 Å². The van der Waals surface area contributed by atoms with Gasteiger partial charge in [-0.1, -0.05) is 64.9 Å². The average molecular weight is 416 g/mol.